The summed E-state index contributed by atoms with van der Waals surface area (Å²) in [6.45, 7) is 1.33. The lowest BCUT2D eigenvalue weighted by molar-refractivity contribution is 0.246. The SMILES string of the molecule is Brc1ccc2c(c1)[C@@H]1CC(c3cccs3)=C[C@@H]1c1ccccc1OCCCO2. The molecule has 2 atom stereocenters. The Labute approximate surface area is 177 Å². The Bertz CT molecular complexity index is 1010. The number of fused-ring (bicyclic) bond motifs is 5. The zero-order chi connectivity index (χ0) is 18.9. The van der Waals surface area contributed by atoms with E-state index in [1.807, 2.05) is 11.3 Å². The minimum atomic E-state index is 0.267. The van der Waals surface area contributed by atoms with Crippen LogP contribution in [0.4, 0.5) is 0 Å². The van der Waals surface area contributed by atoms with E-state index in [0.29, 0.717) is 19.1 Å². The lowest BCUT2D eigenvalue weighted by Gasteiger charge is -2.24. The van der Waals surface area contributed by atoms with E-state index in [1.54, 1.807) is 0 Å². The largest absolute Gasteiger partial charge is 0.493 e. The number of rotatable bonds is 1. The zero-order valence-corrected chi connectivity index (χ0v) is 17.8. The highest BCUT2D eigenvalue weighted by molar-refractivity contribution is 9.10. The highest BCUT2D eigenvalue weighted by Gasteiger charge is 2.34. The maximum absolute atomic E-state index is 6.19. The molecule has 1 aromatic heterocycles. The standard InChI is InChI=1S/C24H21BrO2S/c25-17-8-9-23-21(15-17)20-14-16(24-7-3-12-28-24)13-19(20)18-5-1-2-6-22(18)26-10-4-11-27-23/h1-3,5-9,12-13,15,19-20H,4,10-11,14H2/t19-,20-/m1/s1. The van der Waals surface area contributed by atoms with Gasteiger partial charge in [-0.05, 0) is 53.3 Å². The monoisotopic (exact) mass is 452 g/mol. The molecule has 2 heterocycles. The highest BCUT2D eigenvalue weighted by Crippen LogP contribution is 2.52. The van der Waals surface area contributed by atoms with Crippen LogP contribution in [0.25, 0.3) is 5.57 Å². The number of hydrogen-bond acceptors (Lipinski definition) is 3. The predicted octanol–water partition coefficient (Wildman–Crippen LogP) is 7.03. The quantitative estimate of drug-likeness (QED) is 0.394. The van der Waals surface area contributed by atoms with Crippen molar-refractivity contribution in [2.45, 2.75) is 24.7 Å². The van der Waals surface area contributed by atoms with E-state index in [0.717, 1.165) is 28.8 Å². The van der Waals surface area contributed by atoms with Crippen molar-refractivity contribution in [2.24, 2.45) is 0 Å². The van der Waals surface area contributed by atoms with Crippen LogP contribution in [-0.2, 0) is 0 Å². The summed E-state index contributed by atoms with van der Waals surface area (Å²) in [5.41, 5.74) is 3.97. The van der Waals surface area contributed by atoms with Crippen LogP contribution in [0.5, 0.6) is 11.5 Å². The Morgan fingerprint density at radius 3 is 2.54 bits per heavy atom. The van der Waals surface area contributed by atoms with Gasteiger partial charge in [0.25, 0.3) is 0 Å². The average molecular weight is 453 g/mol. The van der Waals surface area contributed by atoms with Crippen LogP contribution < -0.4 is 9.47 Å². The Morgan fingerprint density at radius 2 is 1.71 bits per heavy atom. The maximum atomic E-state index is 6.19. The van der Waals surface area contributed by atoms with Crippen molar-refractivity contribution in [3.63, 3.8) is 0 Å². The zero-order valence-electron chi connectivity index (χ0n) is 15.4. The third-order valence-corrected chi connectivity index (χ3v) is 6.98. The van der Waals surface area contributed by atoms with Crippen LogP contribution in [-0.4, -0.2) is 13.2 Å². The number of thiophene rings is 1. The third kappa shape index (κ3) is 3.40. The minimum absolute atomic E-state index is 0.267. The van der Waals surface area contributed by atoms with Gasteiger partial charge in [0.2, 0.25) is 0 Å². The van der Waals surface area contributed by atoms with Gasteiger partial charge in [0.15, 0.2) is 0 Å². The van der Waals surface area contributed by atoms with Crippen molar-refractivity contribution in [2.75, 3.05) is 13.2 Å². The number of para-hydroxylation sites is 1. The fourth-order valence-corrected chi connectivity index (χ4v) is 5.41. The molecular weight excluding hydrogens is 432 g/mol. The van der Waals surface area contributed by atoms with Gasteiger partial charge in [0, 0.05) is 33.2 Å². The average Bonchev–Trinajstić information content (AvgIpc) is 3.38. The van der Waals surface area contributed by atoms with E-state index in [4.69, 9.17) is 9.47 Å². The number of ether oxygens (including phenoxy) is 2. The minimum Gasteiger partial charge on any atom is -0.493 e. The van der Waals surface area contributed by atoms with E-state index in [-0.39, 0.29) is 5.92 Å². The maximum Gasteiger partial charge on any atom is 0.123 e. The lowest BCUT2D eigenvalue weighted by atomic mass is 9.82. The molecule has 2 nitrogen and oxygen atoms in total. The lowest BCUT2D eigenvalue weighted by Crippen LogP contribution is -2.08. The first-order valence-corrected chi connectivity index (χ1v) is 11.4. The number of hydrogen-bond donors (Lipinski definition) is 0. The first kappa shape index (κ1) is 18.0. The summed E-state index contributed by atoms with van der Waals surface area (Å²) >= 11 is 5.49. The molecule has 142 valence electrons. The Kier molecular flexibility index (Phi) is 5.00. The van der Waals surface area contributed by atoms with Crippen molar-refractivity contribution in [3.8, 4) is 11.5 Å². The van der Waals surface area contributed by atoms with Crippen LogP contribution in [0.2, 0.25) is 0 Å². The number of halogens is 1. The van der Waals surface area contributed by atoms with Gasteiger partial charge in [-0.3, -0.25) is 0 Å². The highest BCUT2D eigenvalue weighted by atomic mass is 79.9. The van der Waals surface area contributed by atoms with Crippen LogP contribution in [0, 0.1) is 0 Å². The molecule has 5 rings (SSSR count). The smallest absolute Gasteiger partial charge is 0.123 e. The first-order chi connectivity index (χ1) is 13.8. The predicted molar refractivity (Wildman–Crippen MR) is 119 cm³/mol. The van der Waals surface area contributed by atoms with E-state index in [9.17, 15) is 0 Å². The van der Waals surface area contributed by atoms with Crippen molar-refractivity contribution in [3.05, 3.63) is 86.5 Å². The summed E-state index contributed by atoms with van der Waals surface area (Å²) in [6, 6.07) is 19.3. The normalized spacial score (nSPS) is 21.2. The molecule has 2 aliphatic rings. The molecule has 28 heavy (non-hydrogen) atoms. The molecular formula is C24H21BrO2S. The van der Waals surface area contributed by atoms with Crippen LogP contribution in [0.3, 0.4) is 0 Å². The van der Waals surface area contributed by atoms with Crippen LogP contribution >= 0.6 is 27.3 Å². The van der Waals surface area contributed by atoms with Gasteiger partial charge >= 0.3 is 0 Å². The fourth-order valence-electron chi connectivity index (χ4n) is 4.27. The van der Waals surface area contributed by atoms with Gasteiger partial charge < -0.3 is 9.47 Å². The van der Waals surface area contributed by atoms with E-state index >= 15 is 0 Å². The molecule has 1 aliphatic carbocycles. The van der Waals surface area contributed by atoms with Gasteiger partial charge in [-0.25, -0.2) is 0 Å². The van der Waals surface area contributed by atoms with Gasteiger partial charge in [-0.1, -0.05) is 46.3 Å². The topological polar surface area (TPSA) is 18.5 Å². The number of allylic oxidation sites excluding steroid dienone is 2. The van der Waals surface area contributed by atoms with Gasteiger partial charge in [-0.2, -0.15) is 0 Å². The molecule has 0 fully saturated rings. The summed E-state index contributed by atoms with van der Waals surface area (Å²) in [5, 5.41) is 2.15. The van der Waals surface area contributed by atoms with Crippen molar-refractivity contribution < 1.29 is 9.47 Å². The molecule has 0 unspecified atom stereocenters. The molecule has 0 radical (unpaired) electrons. The van der Waals surface area contributed by atoms with Gasteiger partial charge in [-0.15, -0.1) is 11.3 Å². The summed E-state index contributed by atoms with van der Waals surface area (Å²) in [4.78, 5) is 1.36. The molecule has 0 spiro atoms. The van der Waals surface area contributed by atoms with Crippen LogP contribution in [0.1, 0.15) is 40.7 Å². The third-order valence-electron chi connectivity index (χ3n) is 5.54. The molecule has 0 bridgehead atoms. The van der Waals surface area contributed by atoms with Gasteiger partial charge in [0.05, 0.1) is 13.2 Å². The van der Waals surface area contributed by atoms with E-state index < -0.39 is 0 Å². The molecule has 1 aliphatic heterocycles. The molecule has 0 N–H and O–H groups in total. The Morgan fingerprint density at radius 1 is 0.893 bits per heavy atom. The molecule has 0 saturated heterocycles. The van der Waals surface area contributed by atoms with Crippen molar-refractivity contribution in [1.29, 1.82) is 0 Å². The van der Waals surface area contributed by atoms with E-state index in [1.165, 1.54) is 21.6 Å². The summed E-state index contributed by atoms with van der Waals surface area (Å²) in [6.07, 6.45) is 4.32. The van der Waals surface area contributed by atoms with Crippen LogP contribution in [0.15, 0.2) is 70.5 Å². The second kappa shape index (κ2) is 7.76. The Balaban J connectivity index is 1.67. The second-order valence-electron chi connectivity index (χ2n) is 7.28. The molecule has 0 saturated carbocycles. The van der Waals surface area contributed by atoms with Crippen molar-refractivity contribution in [1.82, 2.24) is 0 Å². The summed E-state index contributed by atoms with van der Waals surface area (Å²) < 4.78 is 13.4. The summed E-state index contributed by atoms with van der Waals surface area (Å²) in [7, 11) is 0. The number of benzene rings is 2. The summed E-state index contributed by atoms with van der Waals surface area (Å²) in [5.74, 6) is 2.59. The molecule has 3 aromatic rings. The Hall–Kier alpha value is -2.04. The molecule has 4 heteroatoms. The van der Waals surface area contributed by atoms with Gasteiger partial charge in [0.1, 0.15) is 11.5 Å². The molecule has 2 aromatic carbocycles. The molecule has 0 amide bonds. The van der Waals surface area contributed by atoms with Crippen molar-refractivity contribution >= 4 is 32.8 Å². The van der Waals surface area contributed by atoms with E-state index in [2.05, 4.69) is 82.0 Å². The fraction of sp³-hybridized carbons (Fsp3) is 0.250. The second-order valence-corrected chi connectivity index (χ2v) is 9.14. The first-order valence-electron chi connectivity index (χ1n) is 9.68.